The molecule has 0 fully saturated rings. The summed E-state index contributed by atoms with van der Waals surface area (Å²) in [6, 6.07) is 5.43. The maximum Gasteiger partial charge on any atom is 0.387 e. The van der Waals surface area contributed by atoms with Gasteiger partial charge in [-0.25, -0.2) is 0 Å². The molecule has 1 atom stereocenters. The zero-order valence-electron chi connectivity index (χ0n) is 10.6. The van der Waals surface area contributed by atoms with Gasteiger partial charge in [0.15, 0.2) is 0 Å². The van der Waals surface area contributed by atoms with Crippen LogP contribution in [0.5, 0.6) is 5.75 Å². The standard InChI is InChI=1S/C13H17F2NO3/c1-2-10(17)7-8-16-12(18)9-3-5-11(6-4-9)19-13(14)15/h3-6,10,13,17H,2,7-8H2,1H3,(H,16,18). The molecule has 0 aliphatic rings. The highest BCUT2D eigenvalue weighted by atomic mass is 19.3. The molecule has 0 bridgehead atoms. The van der Waals surface area contributed by atoms with Crippen LogP contribution in [-0.4, -0.2) is 30.3 Å². The molecule has 0 aliphatic carbocycles. The zero-order chi connectivity index (χ0) is 14.3. The smallest absolute Gasteiger partial charge is 0.387 e. The molecule has 0 saturated heterocycles. The third kappa shape index (κ3) is 5.65. The summed E-state index contributed by atoms with van der Waals surface area (Å²) in [4.78, 5) is 11.7. The minimum atomic E-state index is -2.88. The van der Waals surface area contributed by atoms with E-state index < -0.39 is 12.7 Å². The van der Waals surface area contributed by atoms with Crippen LogP contribution in [0.4, 0.5) is 8.78 Å². The van der Waals surface area contributed by atoms with Crippen LogP contribution in [0.15, 0.2) is 24.3 Å². The lowest BCUT2D eigenvalue weighted by Gasteiger charge is -2.09. The summed E-state index contributed by atoms with van der Waals surface area (Å²) in [5, 5.41) is 12.0. The molecule has 0 radical (unpaired) electrons. The first-order chi connectivity index (χ1) is 9.02. The molecule has 1 rings (SSSR count). The lowest BCUT2D eigenvalue weighted by molar-refractivity contribution is -0.0498. The number of amides is 1. The average molecular weight is 273 g/mol. The molecular weight excluding hydrogens is 256 g/mol. The second-order valence-electron chi connectivity index (χ2n) is 4.01. The Labute approximate surface area is 110 Å². The summed E-state index contributed by atoms with van der Waals surface area (Å²) in [6.45, 7) is -0.660. The van der Waals surface area contributed by atoms with E-state index in [2.05, 4.69) is 10.1 Å². The highest BCUT2D eigenvalue weighted by molar-refractivity contribution is 5.94. The van der Waals surface area contributed by atoms with Gasteiger partial charge in [-0.2, -0.15) is 8.78 Å². The van der Waals surface area contributed by atoms with Crippen LogP contribution in [0.3, 0.4) is 0 Å². The van der Waals surface area contributed by atoms with Gasteiger partial charge in [0, 0.05) is 12.1 Å². The Balaban J connectivity index is 2.44. The SMILES string of the molecule is CCC(O)CCNC(=O)c1ccc(OC(F)F)cc1. The molecule has 1 aromatic carbocycles. The van der Waals surface area contributed by atoms with Crippen molar-refractivity contribution in [2.45, 2.75) is 32.5 Å². The van der Waals surface area contributed by atoms with Crippen LogP contribution in [0.25, 0.3) is 0 Å². The van der Waals surface area contributed by atoms with Crippen LogP contribution in [-0.2, 0) is 0 Å². The topological polar surface area (TPSA) is 58.6 Å². The Morgan fingerprint density at radius 1 is 1.37 bits per heavy atom. The van der Waals surface area contributed by atoms with E-state index in [0.717, 1.165) is 0 Å². The molecule has 0 aromatic heterocycles. The number of ether oxygens (including phenoxy) is 1. The number of rotatable bonds is 7. The van der Waals surface area contributed by atoms with Gasteiger partial charge < -0.3 is 15.2 Å². The van der Waals surface area contributed by atoms with Crippen molar-refractivity contribution >= 4 is 5.91 Å². The molecule has 0 heterocycles. The second kappa shape index (κ2) is 7.68. The third-order valence-electron chi connectivity index (χ3n) is 2.58. The fourth-order valence-electron chi connectivity index (χ4n) is 1.45. The second-order valence-corrected chi connectivity index (χ2v) is 4.01. The number of nitrogens with one attached hydrogen (secondary N) is 1. The van der Waals surface area contributed by atoms with E-state index in [1.54, 1.807) is 0 Å². The Bertz CT molecular complexity index is 395. The molecule has 2 N–H and O–H groups in total. The van der Waals surface area contributed by atoms with Crippen LogP contribution in [0.1, 0.15) is 30.1 Å². The van der Waals surface area contributed by atoms with E-state index >= 15 is 0 Å². The molecular formula is C13H17F2NO3. The number of carbonyl (C=O) groups is 1. The van der Waals surface area contributed by atoms with Crippen molar-refractivity contribution in [3.8, 4) is 5.75 Å². The molecule has 106 valence electrons. The van der Waals surface area contributed by atoms with E-state index in [0.29, 0.717) is 24.9 Å². The number of alkyl halides is 2. The van der Waals surface area contributed by atoms with E-state index in [9.17, 15) is 18.7 Å². The van der Waals surface area contributed by atoms with Crippen LogP contribution in [0.2, 0.25) is 0 Å². The van der Waals surface area contributed by atoms with Gasteiger partial charge in [0.25, 0.3) is 5.91 Å². The van der Waals surface area contributed by atoms with Crippen molar-refractivity contribution in [3.63, 3.8) is 0 Å². The molecule has 1 aromatic rings. The summed E-state index contributed by atoms with van der Waals surface area (Å²) in [5.74, 6) is -0.306. The Morgan fingerprint density at radius 3 is 2.53 bits per heavy atom. The number of hydrogen-bond acceptors (Lipinski definition) is 3. The van der Waals surface area contributed by atoms with Crippen molar-refractivity contribution in [1.29, 1.82) is 0 Å². The molecule has 4 nitrogen and oxygen atoms in total. The molecule has 0 spiro atoms. The van der Waals surface area contributed by atoms with Crippen LogP contribution >= 0.6 is 0 Å². The number of carbonyl (C=O) groups excluding carboxylic acids is 1. The van der Waals surface area contributed by atoms with E-state index in [1.807, 2.05) is 6.92 Å². The summed E-state index contributed by atoms with van der Waals surface area (Å²) in [5.41, 5.74) is 0.354. The van der Waals surface area contributed by atoms with Crippen molar-refractivity contribution in [1.82, 2.24) is 5.32 Å². The van der Waals surface area contributed by atoms with E-state index in [4.69, 9.17) is 0 Å². The zero-order valence-corrected chi connectivity index (χ0v) is 10.6. The molecule has 6 heteroatoms. The predicted octanol–water partition coefficient (Wildman–Crippen LogP) is 2.18. The summed E-state index contributed by atoms with van der Waals surface area (Å²) < 4.78 is 28.0. The summed E-state index contributed by atoms with van der Waals surface area (Å²) in [6.07, 6.45) is 0.687. The Kier molecular flexibility index (Phi) is 6.21. The maximum absolute atomic E-state index is 11.9. The highest BCUT2D eigenvalue weighted by Gasteiger charge is 2.08. The lowest BCUT2D eigenvalue weighted by Crippen LogP contribution is -2.26. The molecule has 0 aliphatic heterocycles. The van der Waals surface area contributed by atoms with Gasteiger partial charge in [-0.15, -0.1) is 0 Å². The highest BCUT2D eigenvalue weighted by Crippen LogP contribution is 2.14. The number of hydrogen-bond donors (Lipinski definition) is 2. The van der Waals surface area contributed by atoms with Gasteiger partial charge in [-0.3, -0.25) is 4.79 Å². The van der Waals surface area contributed by atoms with Crippen molar-refractivity contribution in [2.24, 2.45) is 0 Å². The predicted molar refractivity (Wildman–Crippen MR) is 66.3 cm³/mol. The van der Waals surface area contributed by atoms with Crippen LogP contribution < -0.4 is 10.1 Å². The van der Waals surface area contributed by atoms with Gasteiger partial charge in [0.05, 0.1) is 6.10 Å². The first kappa shape index (κ1) is 15.4. The largest absolute Gasteiger partial charge is 0.435 e. The first-order valence-corrected chi connectivity index (χ1v) is 6.04. The number of halogens is 2. The van der Waals surface area contributed by atoms with Gasteiger partial charge in [0.2, 0.25) is 0 Å². The monoisotopic (exact) mass is 273 g/mol. The average Bonchev–Trinajstić information content (AvgIpc) is 2.38. The van der Waals surface area contributed by atoms with Crippen molar-refractivity contribution in [2.75, 3.05) is 6.54 Å². The first-order valence-electron chi connectivity index (χ1n) is 6.04. The number of aliphatic hydroxyl groups is 1. The molecule has 19 heavy (non-hydrogen) atoms. The lowest BCUT2D eigenvalue weighted by atomic mass is 10.2. The minimum Gasteiger partial charge on any atom is -0.435 e. The maximum atomic E-state index is 11.9. The number of aliphatic hydroxyl groups excluding tert-OH is 1. The Morgan fingerprint density at radius 2 is 2.00 bits per heavy atom. The van der Waals surface area contributed by atoms with Gasteiger partial charge in [-0.05, 0) is 37.1 Å². The fraction of sp³-hybridized carbons (Fsp3) is 0.462. The third-order valence-corrected chi connectivity index (χ3v) is 2.58. The van der Waals surface area contributed by atoms with E-state index in [1.165, 1.54) is 24.3 Å². The normalized spacial score (nSPS) is 12.3. The Hall–Kier alpha value is -1.69. The fourth-order valence-corrected chi connectivity index (χ4v) is 1.45. The van der Waals surface area contributed by atoms with Gasteiger partial charge in [-0.1, -0.05) is 6.92 Å². The van der Waals surface area contributed by atoms with E-state index in [-0.39, 0.29) is 11.7 Å². The number of benzene rings is 1. The summed E-state index contributed by atoms with van der Waals surface area (Å²) in [7, 11) is 0. The summed E-state index contributed by atoms with van der Waals surface area (Å²) >= 11 is 0. The van der Waals surface area contributed by atoms with Crippen molar-refractivity contribution in [3.05, 3.63) is 29.8 Å². The van der Waals surface area contributed by atoms with Crippen molar-refractivity contribution < 1.29 is 23.4 Å². The van der Waals surface area contributed by atoms with Crippen LogP contribution in [0, 0.1) is 0 Å². The van der Waals surface area contributed by atoms with Gasteiger partial charge >= 0.3 is 6.61 Å². The molecule has 1 amide bonds. The minimum absolute atomic E-state index is 0.00737. The molecule has 1 unspecified atom stereocenters. The molecule has 0 saturated carbocycles. The van der Waals surface area contributed by atoms with Gasteiger partial charge in [0.1, 0.15) is 5.75 Å². The quantitative estimate of drug-likeness (QED) is 0.800.